The third-order valence-electron chi connectivity index (χ3n) is 8.46. The van der Waals surface area contributed by atoms with Crippen LogP contribution in [0.15, 0.2) is 127 Å². The highest BCUT2D eigenvalue weighted by Gasteiger charge is 2.43. The van der Waals surface area contributed by atoms with E-state index in [9.17, 15) is 55.7 Å². The molecule has 316 valence electrons. The molecule has 61 heavy (non-hydrogen) atoms. The van der Waals surface area contributed by atoms with Crippen LogP contribution in [-0.2, 0) is 9.59 Å². The van der Waals surface area contributed by atoms with Crippen LogP contribution in [0.2, 0.25) is 0 Å². The summed E-state index contributed by atoms with van der Waals surface area (Å²) >= 11 is 0. The predicted molar refractivity (Wildman–Crippen MR) is 207 cm³/mol. The van der Waals surface area contributed by atoms with Crippen molar-refractivity contribution in [1.29, 1.82) is 0 Å². The number of hydrogen-bond donors (Lipinski definition) is 4. The number of carbonyl (C=O) groups excluding carboxylic acids is 4. The van der Waals surface area contributed by atoms with Crippen molar-refractivity contribution < 1.29 is 74.7 Å². The summed E-state index contributed by atoms with van der Waals surface area (Å²) in [6.45, 7) is 0. The topological polar surface area (TPSA) is 198 Å². The van der Waals surface area contributed by atoms with E-state index in [0.29, 0.717) is 11.1 Å². The molecule has 0 spiro atoms. The van der Waals surface area contributed by atoms with Gasteiger partial charge in [0.05, 0.1) is 17.0 Å². The summed E-state index contributed by atoms with van der Waals surface area (Å²) < 4.78 is 92.5. The lowest BCUT2D eigenvalue weighted by molar-refractivity contribution is -0.275. The second-order valence-electron chi connectivity index (χ2n) is 12.9. The number of halogens is 6. The fraction of sp³-hybridized carbons (Fsp3) is 0.116. The van der Waals surface area contributed by atoms with Gasteiger partial charge < -0.3 is 40.6 Å². The standard InChI is InChI=1S/C43H32F6N2O10/c44-42(45,46)60-33-17-7-27(8-18-33)39(54)58-31-13-2-25(3-14-31)1-12-30(52)24-36(35-21-11-29(50)23-37(35)51)41(56,57)38(53)22-6-26-4-15-32(16-5-26)59-40(55)28-9-19-34(20-10-28)61-43(47,48)49/h1-23,36,56-57H,24,50-51H2. The van der Waals surface area contributed by atoms with Gasteiger partial charge in [0.15, 0.2) is 5.78 Å². The third-order valence-corrected chi connectivity index (χ3v) is 8.46. The van der Waals surface area contributed by atoms with Crippen LogP contribution >= 0.6 is 0 Å². The predicted octanol–water partition coefficient (Wildman–Crippen LogP) is 7.81. The number of hydrogen-bond acceptors (Lipinski definition) is 12. The fourth-order valence-corrected chi connectivity index (χ4v) is 5.52. The number of ketones is 2. The Hall–Kier alpha value is -7.44. The first-order valence-electron chi connectivity index (χ1n) is 17.5. The Balaban J connectivity index is 1.22. The summed E-state index contributed by atoms with van der Waals surface area (Å²) in [6, 6.07) is 23.5. The maximum atomic E-state index is 13.3. The van der Waals surface area contributed by atoms with E-state index < -0.39 is 65.9 Å². The number of rotatable bonds is 15. The molecule has 0 fully saturated rings. The molecule has 18 heteroatoms. The zero-order valence-corrected chi connectivity index (χ0v) is 31.1. The van der Waals surface area contributed by atoms with Gasteiger partial charge in [-0.2, -0.15) is 0 Å². The summed E-state index contributed by atoms with van der Waals surface area (Å²) in [5.41, 5.74) is 12.8. The number of nitrogen functional groups attached to an aromatic ring is 2. The van der Waals surface area contributed by atoms with Crippen LogP contribution in [-0.4, -0.2) is 52.2 Å². The molecule has 0 aliphatic heterocycles. The molecule has 0 saturated carbocycles. The summed E-state index contributed by atoms with van der Waals surface area (Å²) in [6.07, 6.45) is -5.85. The number of nitrogens with two attached hydrogens (primary N) is 2. The number of benzene rings is 5. The SMILES string of the molecule is Nc1ccc(C(CC(=O)C=Cc2ccc(OC(=O)c3ccc(OC(F)(F)F)cc3)cc2)C(O)(O)C(=O)C=Cc2ccc(OC(=O)c3ccc(OC(F)(F)F)cc3)cc2)c(N)c1. The van der Waals surface area contributed by atoms with Gasteiger partial charge in [-0.25, -0.2) is 9.59 Å². The van der Waals surface area contributed by atoms with Crippen LogP contribution in [0.4, 0.5) is 37.7 Å². The van der Waals surface area contributed by atoms with Crippen molar-refractivity contribution in [2.45, 2.75) is 30.9 Å². The van der Waals surface area contributed by atoms with Crippen LogP contribution in [0.5, 0.6) is 23.0 Å². The second kappa shape index (κ2) is 18.6. The number of alkyl halides is 6. The molecule has 6 N–H and O–H groups in total. The molecular weight excluding hydrogens is 818 g/mol. The molecule has 12 nitrogen and oxygen atoms in total. The number of esters is 2. The Kier molecular flexibility index (Phi) is 13.7. The van der Waals surface area contributed by atoms with Gasteiger partial charge in [0.1, 0.15) is 23.0 Å². The van der Waals surface area contributed by atoms with Crippen molar-refractivity contribution in [3.63, 3.8) is 0 Å². The van der Waals surface area contributed by atoms with E-state index in [2.05, 4.69) is 9.47 Å². The monoisotopic (exact) mass is 850 g/mol. The van der Waals surface area contributed by atoms with Gasteiger partial charge in [-0.15, -0.1) is 26.3 Å². The number of allylic oxidation sites excluding steroid dienone is 1. The molecule has 0 aliphatic rings. The lowest BCUT2D eigenvalue weighted by Crippen LogP contribution is -2.44. The van der Waals surface area contributed by atoms with Crippen LogP contribution in [0.25, 0.3) is 12.2 Å². The van der Waals surface area contributed by atoms with Crippen LogP contribution in [0.1, 0.15) is 49.7 Å². The summed E-state index contributed by atoms with van der Waals surface area (Å²) in [4.78, 5) is 51.5. The first-order valence-corrected chi connectivity index (χ1v) is 17.5. The van der Waals surface area contributed by atoms with Crippen LogP contribution in [0.3, 0.4) is 0 Å². The van der Waals surface area contributed by atoms with Gasteiger partial charge in [-0.05, 0) is 114 Å². The zero-order valence-electron chi connectivity index (χ0n) is 31.1. The minimum Gasteiger partial charge on any atom is -0.423 e. The van der Waals surface area contributed by atoms with Gasteiger partial charge in [0.25, 0.3) is 0 Å². The summed E-state index contributed by atoms with van der Waals surface area (Å²) in [5.74, 6) is -9.35. The molecule has 0 saturated heterocycles. The molecule has 0 heterocycles. The first kappa shape index (κ1) is 44.7. The maximum absolute atomic E-state index is 13.3. The van der Waals surface area contributed by atoms with Crippen molar-refractivity contribution in [3.05, 3.63) is 155 Å². The number of carbonyl (C=O) groups is 4. The largest absolute Gasteiger partial charge is 0.573 e. The van der Waals surface area contributed by atoms with Crippen molar-refractivity contribution in [2.75, 3.05) is 11.5 Å². The van der Waals surface area contributed by atoms with Gasteiger partial charge >= 0.3 is 24.7 Å². The zero-order chi connectivity index (χ0) is 44.5. The molecule has 0 aromatic heterocycles. The van der Waals surface area contributed by atoms with E-state index in [0.717, 1.165) is 60.7 Å². The number of anilines is 2. The Morgan fingerprint density at radius 3 is 1.39 bits per heavy atom. The number of ether oxygens (including phenoxy) is 4. The van der Waals surface area contributed by atoms with E-state index in [1.54, 1.807) is 0 Å². The van der Waals surface area contributed by atoms with Gasteiger partial charge in [0, 0.05) is 17.8 Å². The lowest BCUT2D eigenvalue weighted by Gasteiger charge is -2.30. The van der Waals surface area contributed by atoms with Gasteiger partial charge in [-0.3, -0.25) is 9.59 Å². The Morgan fingerprint density at radius 1 is 0.574 bits per heavy atom. The second-order valence-corrected chi connectivity index (χ2v) is 12.9. The van der Waals surface area contributed by atoms with Crippen molar-refractivity contribution in [2.24, 2.45) is 0 Å². The van der Waals surface area contributed by atoms with E-state index in [1.165, 1.54) is 78.9 Å². The van der Waals surface area contributed by atoms with Crippen LogP contribution in [0, 0.1) is 0 Å². The Morgan fingerprint density at radius 2 is 0.984 bits per heavy atom. The first-order chi connectivity index (χ1) is 28.6. The Bertz CT molecular complexity index is 2430. The summed E-state index contributed by atoms with van der Waals surface area (Å²) in [5, 5.41) is 22.5. The average molecular weight is 851 g/mol. The highest BCUT2D eigenvalue weighted by Crippen LogP contribution is 2.36. The lowest BCUT2D eigenvalue weighted by atomic mass is 9.82. The van der Waals surface area contributed by atoms with Gasteiger partial charge in [0.2, 0.25) is 11.6 Å². The average Bonchev–Trinajstić information content (AvgIpc) is 3.18. The van der Waals surface area contributed by atoms with E-state index in [4.69, 9.17) is 20.9 Å². The van der Waals surface area contributed by atoms with Crippen LogP contribution < -0.4 is 30.4 Å². The molecule has 1 atom stereocenters. The van der Waals surface area contributed by atoms with Crippen molar-refractivity contribution in [3.8, 4) is 23.0 Å². The molecule has 0 radical (unpaired) electrons. The summed E-state index contributed by atoms with van der Waals surface area (Å²) in [7, 11) is 0. The van der Waals surface area contributed by atoms with Crippen molar-refractivity contribution in [1.82, 2.24) is 0 Å². The quantitative estimate of drug-likeness (QED) is 0.0199. The number of aliphatic hydroxyl groups is 2. The molecule has 1 unspecified atom stereocenters. The van der Waals surface area contributed by atoms with E-state index in [1.807, 2.05) is 0 Å². The Labute approximate surface area is 341 Å². The normalized spacial score (nSPS) is 12.5. The van der Waals surface area contributed by atoms with Gasteiger partial charge in [-0.1, -0.05) is 42.5 Å². The van der Waals surface area contributed by atoms with E-state index >= 15 is 0 Å². The highest BCUT2D eigenvalue weighted by molar-refractivity contribution is 6.01. The minimum absolute atomic E-state index is 0.0301. The maximum Gasteiger partial charge on any atom is 0.573 e. The molecule has 0 bridgehead atoms. The minimum atomic E-state index is -4.91. The highest BCUT2D eigenvalue weighted by atomic mass is 19.4. The fourth-order valence-electron chi connectivity index (χ4n) is 5.52. The molecule has 0 aliphatic carbocycles. The molecule has 5 aromatic rings. The third kappa shape index (κ3) is 13.0. The molecule has 5 aromatic carbocycles. The molecule has 5 rings (SSSR count). The smallest absolute Gasteiger partial charge is 0.423 e. The van der Waals surface area contributed by atoms with Crippen molar-refractivity contribution >= 4 is 47.0 Å². The molecular formula is C43H32F6N2O10. The van der Waals surface area contributed by atoms with E-state index in [-0.39, 0.29) is 39.6 Å². The molecule has 0 amide bonds.